The number of hydrazone groups is 1. The van der Waals surface area contributed by atoms with E-state index in [-0.39, 0.29) is 44.8 Å². The molecule has 42 heavy (non-hydrogen) atoms. The third-order valence-electron chi connectivity index (χ3n) is 6.66. The van der Waals surface area contributed by atoms with Gasteiger partial charge in [-0.3, -0.25) is 24.3 Å². The third-order valence-corrected chi connectivity index (χ3v) is 8.11. The molecule has 1 aliphatic heterocycles. The second kappa shape index (κ2) is 11.6. The minimum atomic E-state index is -4.84. The van der Waals surface area contributed by atoms with Crippen LogP contribution in [0.1, 0.15) is 35.2 Å². The number of nitro groups is 1. The first kappa shape index (κ1) is 29.4. The summed E-state index contributed by atoms with van der Waals surface area (Å²) >= 11 is 12.5. The fraction of sp³-hybridized carbons (Fsp3) is 0.231. The van der Waals surface area contributed by atoms with Gasteiger partial charge in [0.2, 0.25) is 5.91 Å². The molecule has 2 amide bonds. The molecule has 1 aliphatic carbocycles. The largest absolute Gasteiger partial charge is 0.352 e. The Bertz CT molecular complexity index is 1750. The van der Waals surface area contributed by atoms with Crippen LogP contribution in [-0.2, 0) is 14.9 Å². The molecule has 13 nitrogen and oxygen atoms in total. The number of amides is 2. The zero-order valence-corrected chi connectivity index (χ0v) is 23.9. The minimum absolute atomic E-state index is 0.0478. The number of aromatic nitrogens is 1. The minimum Gasteiger partial charge on any atom is -0.352 e. The summed E-state index contributed by atoms with van der Waals surface area (Å²) in [5, 5.41) is 22.9. The molecular weight excluding hydrogens is 611 g/mol. The Balaban J connectivity index is 1.52. The lowest BCUT2D eigenvalue weighted by Gasteiger charge is -2.23. The van der Waals surface area contributed by atoms with Gasteiger partial charge >= 0.3 is 0 Å². The lowest BCUT2D eigenvalue weighted by Crippen LogP contribution is -2.39. The van der Waals surface area contributed by atoms with Crippen LogP contribution in [0, 0.1) is 16.0 Å². The molecule has 0 bridgehead atoms. The average molecular weight is 633 g/mol. The summed E-state index contributed by atoms with van der Waals surface area (Å²) in [6.07, 6.45) is 3.19. The monoisotopic (exact) mass is 632 g/mol. The molecule has 1 atom stereocenters. The van der Waals surface area contributed by atoms with Crippen LogP contribution in [0.4, 0.5) is 17.2 Å². The predicted octanol–water partition coefficient (Wildman–Crippen LogP) is 4.30. The number of nitrogens with one attached hydrogen (secondary N) is 2. The van der Waals surface area contributed by atoms with Crippen LogP contribution in [0.15, 0.2) is 64.7 Å². The quantitative estimate of drug-likeness (QED) is 0.176. The summed E-state index contributed by atoms with van der Waals surface area (Å²) in [6.45, 7) is 0.490. The number of non-ortho nitro benzene ring substituents is 1. The molecule has 2 aromatic carbocycles. The maximum atomic E-state index is 13.7. The number of anilines is 2. The number of rotatable bonds is 9. The molecule has 3 N–H and O–H groups in total. The third kappa shape index (κ3) is 6.36. The fourth-order valence-corrected chi connectivity index (χ4v) is 5.46. The Labute approximate surface area is 249 Å². The molecule has 1 unspecified atom stereocenters. The average Bonchev–Trinajstić information content (AvgIpc) is 3.67. The molecule has 5 rings (SSSR count). The molecule has 218 valence electrons. The van der Waals surface area contributed by atoms with E-state index in [4.69, 9.17) is 23.2 Å². The fourth-order valence-electron chi connectivity index (χ4n) is 4.38. The van der Waals surface area contributed by atoms with E-state index in [0.29, 0.717) is 12.5 Å². The maximum absolute atomic E-state index is 13.7. The van der Waals surface area contributed by atoms with Crippen molar-refractivity contribution < 1.29 is 27.5 Å². The van der Waals surface area contributed by atoms with Gasteiger partial charge in [-0.1, -0.05) is 23.2 Å². The number of nitrogens with zero attached hydrogens (tertiary/aromatic N) is 4. The van der Waals surface area contributed by atoms with E-state index < -0.39 is 43.5 Å². The lowest BCUT2D eigenvalue weighted by molar-refractivity contribution is -0.384. The molecule has 3 aromatic rings. The molecule has 1 fully saturated rings. The summed E-state index contributed by atoms with van der Waals surface area (Å²) < 4.78 is 34.1. The van der Waals surface area contributed by atoms with Gasteiger partial charge in [0, 0.05) is 41.9 Å². The molecule has 1 aromatic heterocycles. The van der Waals surface area contributed by atoms with E-state index in [0.717, 1.165) is 36.0 Å². The molecule has 1 saturated carbocycles. The first-order valence-electron chi connectivity index (χ1n) is 12.5. The van der Waals surface area contributed by atoms with Gasteiger partial charge in [0.1, 0.15) is 10.9 Å². The van der Waals surface area contributed by atoms with Crippen molar-refractivity contribution in [3.63, 3.8) is 0 Å². The second-order valence-electron chi connectivity index (χ2n) is 9.67. The van der Waals surface area contributed by atoms with Crippen LogP contribution >= 0.6 is 23.2 Å². The van der Waals surface area contributed by atoms with Crippen LogP contribution in [0.3, 0.4) is 0 Å². The van der Waals surface area contributed by atoms with Crippen molar-refractivity contribution in [3.05, 3.63) is 86.0 Å². The van der Waals surface area contributed by atoms with Gasteiger partial charge in [-0.2, -0.15) is 13.5 Å². The number of carbonyl (C=O) groups excluding carboxylic acids is 2. The number of hydrogen-bond donors (Lipinski definition) is 3. The van der Waals surface area contributed by atoms with Crippen LogP contribution in [0.5, 0.6) is 0 Å². The summed E-state index contributed by atoms with van der Waals surface area (Å²) in [7, 11) is -4.84. The summed E-state index contributed by atoms with van der Waals surface area (Å²) in [5.41, 5.74) is -0.506. The van der Waals surface area contributed by atoms with E-state index in [1.807, 2.05) is 0 Å². The van der Waals surface area contributed by atoms with Crippen molar-refractivity contribution in [2.45, 2.75) is 30.2 Å². The van der Waals surface area contributed by atoms with Crippen LogP contribution < -0.4 is 15.6 Å². The van der Waals surface area contributed by atoms with Crippen LogP contribution in [0.2, 0.25) is 10.0 Å². The lowest BCUT2D eigenvalue weighted by atomic mass is 10.0. The first-order chi connectivity index (χ1) is 19.9. The Hall–Kier alpha value is -4.11. The smallest absolute Gasteiger partial charge is 0.295 e. The zero-order chi connectivity index (χ0) is 30.2. The van der Waals surface area contributed by atoms with Crippen molar-refractivity contribution in [2.24, 2.45) is 11.0 Å². The van der Waals surface area contributed by atoms with Gasteiger partial charge in [0.05, 0.1) is 26.9 Å². The topological polar surface area (TPSA) is 184 Å². The normalized spacial score (nSPS) is 16.6. The number of carbonyl (C=O) groups is 2. The van der Waals surface area contributed by atoms with Gasteiger partial charge in [0.25, 0.3) is 21.7 Å². The SMILES string of the molecule is O=C(NCC1CC1)c1cc(Cl)ccc1NC(=O)C1CC(c2cc([N+](=O)[O-])ccc2S(=O)(=O)O)=NN1c1ncccc1Cl. The van der Waals surface area contributed by atoms with Gasteiger partial charge in [-0.25, -0.2) is 9.99 Å². The van der Waals surface area contributed by atoms with E-state index in [1.165, 1.54) is 30.5 Å². The van der Waals surface area contributed by atoms with E-state index in [9.17, 15) is 32.7 Å². The standard InChI is InChI=1S/C26H22Cl2N6O7S/c27-15-5-7-20(18(10-15)25(35)30-13-14-3-4-14)31-26(36)22-12-21(32-33(22)24-19(28)2-1-9-29-24)17-11-16(34(37)38)6-8-23(17)42(39,40)41/h1-2,5-11,14,22H,3-4,12-13H2,(H,30,35)(H,31,36)(H,39,40,41). The zero-order valence-electron chi connectivity index (χ0n) is 21.5. The van der Waals surface area contributed by atoms with E-state index in [1.54, 1.807) is 6.07 Å². The number of pyridine rings is 1. The summed E-state index contributed by atoms with van der Waals surface area (Å²) in [6, 6.07) is 9.01. The first-order valence-corrected chi connectivity index (χ1v) is 14.7. The van der Waals surface area contributed by atoms with Crippen LogP contribution in [0.25, 0.3) is 0 Å². The highest BCUT2D eigenvalue weighted by Crippen LogP contribution is 2.34. The van der Waals surface area contributed by atoms with E-state index in [2.05, 4.69) is 20.7 Å². The van der Waals surface area contributed by atoms with Crippen LogP contribution in [-0.4, -0.2) is 53.0 Å². The Morgan fingerprint density at radius 3 is 2.57 bits per heavy atom. The highest BCUT2D eigenvalue weighted by molar-refractivity contribution is 7.86. The summed E-state index contributed by atoms with van der Waals surface area (Å²) in [5.74, 6) is -0.639. The van der Waals surface area contributed by atoms with Gasteiger partial charge in [0.15, 0.2) is 5.82 Å². The molecule has 0 saturated heterocycles. The highest BCUT2D eigenvalue weighted by Gasteiger charge is 2.38. The Morgan fingerprint density at radius 1 is 1.14 bits per heavy atom. The maximum Gasteiger partial charge on any atom is 0.295 e. The second-order valence-corrected chi connectivity index (χ2v) is 11.9. The van der Waals surface area contributed by atoms with Crippen molar-refractivity contribution in [1.29, 1.82) is 0 Å². The van der Waals surface area contributed by atoms with Gasteiger partial charge < -0.3 is 10.6 Å². The number of benzene rings is 2. The molecule has 2 heterocycles. The molecule has 0 spiro atoms. The highest BCUT2D eigenvalue weighted by atomic mass is 35.5. The predicted molar refractivity (Wildman–Crippen MR) is 155 cm³/mol. The van der Waals surface area contributed by atoms with Crippen molar-refractivity contribution in [3.8, 4) is 0 Å². The van der Waals surface area contributed by atoms with Gasteiger partial charge in [-0.15, -0.1) is 0 Å². The Kier molecular flexibility index (Phi) is 8.14. The Morgan fingerprint density at radius 2 is 1.90 bits per heavy atom. The molecule has 16 heteroatoms. The number of nitro benzene ring substituents is 1. The van der Waals surface area contributed by atoms with Gasteiger partial charge in [-0.05, 0) is 55.2 Å². The number of halogens is 2. The summed E-state index contributed by atoms with van der Waals surface area (Å²) in [4.78, 5) is 40.9. The van der Waals surface area contributed by atoms with Crippen molar-refractivity contribution in [1.82, 2.24) is 10.3 Å². The molecular formula is C26H22Cl2N6O7S. The number of hydrogen-bond acceptors (Lipinski definition) is 9. The molecule has 2 aliphatic rings. The van der Waals surface area contributed by atoms with Crippen molar-refractivity contribution in [2.75, 3.05) is 16.9 Å². The molecule has 0 radical (unpaired) electrons. The van der Waals surface area contributed by atoms with Crippen molar-refractivity contribution >= 4 is 68.0 Å². The van der Waals surface area contributed by atoms with E-state index >= 15 is 0 Å².